The average Bonchev–Trinajstić information content (AvgIpc) is 3.36. The molecule has 8 heteroatoms. The number of anilines is 3. The van der Waals surface area contributed by atoms with Gasteiger partial charge in [-0.3, -0.25) is 9.89 Å². The number of hydrogen-bond donors (Lipinski definition) is 3. The standard InChI is InChI=1S/C19H16N6OS/c26-17(10-16-11-27-19(24-16)18-20-12-21-25-18)23-15-8-6-14(7-9-15)22-13-4-2-1-3-5-13/h1-9,11-12,22H,10H2,(H,23,26)(H,20,21,25). The number of carbonyl (C=O) groups excluding carboxylic acids is 1. The van der Waals surface area contributed by atoms with Gasteiger partial charge in [-0.1, -0.05) is 18.2 Å². The van der Waals surface area contributed by atoms with Crippen molar-refractivity contribution in [3.8, 4) is 10.8 Å². The minimum atomic E-state index is -0.117. The summed E-state index contributed by atoms with van der Waals surface area (Å²) >= 11 is 1.43. The molecule has 134 valence electrons. The summed E-state index contributed by atoms with van der Waals surface area (Å²) in [4.78, 5) is 20.7. The van der Waals surface area contributed by atoms with Crippen LogP contribution in [0.1, 0.15) is 5.69 Å². The number of hydrogen-bond acceptors (Lipinski definition) is 6. The van der Waals surface area contributed by atoms with Crippen LogP contribution >= 0.6 is 11.3 Å². The lowest BCUT2D eigenvalue weighted by molar-refractivity contribution is -0.115. The summed E-state index contributed by atoms with van der Waals surface area (Å²) in [6.45, 7) is 0. The molecule has 1 amide bonds. The molecule has 0 aliphatic carbocycles. The molecule has 0 aliphatic heterocycles. The zero-order chi connectivity index (χ0) is 18.5. The zero-order valence-corrected chi connectivity index (χ0v) is 15.0. The predicted octanol–water partition coefficient (Wildman–Crippen LogP) is 3.85. The number of thiazole rings is 1. The fourth-order valence-electron chi connectivity index (χ4n) is 2.50. The molecule has 0 atom stereocenters. The summed E-state index contributed by atoms with van der Waals surface area (Å²) in [5.41, 5.74) is 3.41. The molecule has 3 N–H and O–H groups in total. The molecule has 0 saturated carbocycles. The number of rotatable bonds is 6. The van der Waals surface area contributed by atoms with Gasteiger partial charge in [0.15, 0.2) is 10.8 Å². The number of aromatic nitrogens is 4. The predicted molar refractivity (Wildman–Crippen MR) is 106 cm³/mol. The monoisotopic (exact) mass is 376 g/mol. The van der Waals surface area contributed by atoms with E-state index in [2.05, 4.69) is 30.8 Å². The molecular formula is C19H16N6OS. The Bertz CT molecular complexity index is 1010. The summed E-state index contributed by atoms with van der Waals surface area (Å²) < 4.78 is 0. The van der Waals surface area contributed by atoms with Gasteiger partial charge in [0.25, 0.3) is 0 Å². The lowest BCUT2D eigenvalue weighted by Crippen LogP contribution is -2.14. The van der Waals surface area contributed by atoms with E-state index in [-0.39, 0.29) is 12.3 Å². The highest BCUT2D eigenvalue weighted by Crippen LogP contribution is 2.21. The van der Waals surface area contributed by atoms with Crippen molar-refractivity contribution in [2.45, 2.75) is 6.42 Å². The smallest absolute Gasteiger partial charge is 0.230 e. The quantitative estimate of drug-likeness (QED) is 0.475. The number of carbonyl (C=O) groups is 1. The lowest BCUT2D eigenvalue weighted by atomic mass is 10.2. The van der Waals surface area contributed by atoms with Crippen LogP contribution in [0.25, 0.3) is 10.8 Å². The lowest BCUT2D eigenvalue weighted by Gasteiger charge is -2.08. The molecule has 2 aromatic heterocycles. The van der Waals surface area contributed by atoms with Crippen molar-refractivity contribution >= 4 is 34.3 Å². The van der Waals surface area contributed by atoms with Crippen molar-refractivity contribution in [2.24, 2.45) is 0 Å². The van der Waals surface area contributed by atoms with E-state index in [9.17, 15) is 4.79 Å². The first-order valence-corrected chi connectivity index (χ1v) is 9.16. The van der Waals surface area contributed by atoms with Crippen molar-refractivity contribution in [3.05, 3.63) is 72.0 Å². The van der Waals surface area contributed by atoms with Crippen molar-refractivity contribution in [1.29, 1.82) is 0 Å². The number of amides is 1. The van der Waals surface area contributed by atoms with Crippen molar-refractivity contribution in [1.82, 2.24) is 20.2 Å². The average molecular weight is 376 g/mol. The van der Waals surface area contributed by atoms with Crippen LogP contribution in [0, 0.1) is 0 Å². The summed E-state index contributed by atoms with van der Waals surface area (Å²) in [6, 6.07) is 17.5. The van der Waals surface area contributed by atoms with E-state index >= 15 is 0 Å². The maximum absolute atomic E-state index is 12.3. The van der Waals surface area contributed by atoms with E-state index in [0.717, 1.165) is 17.1 Å². The molecule has 27 heavy (non-hydrogen) atoms. The Morgan fingerprint density at radius 2 is 1.74 bits per heavy atom. The minimum Gasteiger partial charge on any atom is -0.356 e. The van der Waals surface area contributed by atoms with E-state index in [1.807, 2.05) is 60.0 Å². The largest absolute Gasteiger partial charge is 0.356 e. The highest BCUT2D eigenvalue weighted by atomic mass is 32.1. The number of nitrogens with one attached hydrogen (secondary N) is 3. The van der Waals surface area contributed by atoms with Crippen LogP contribution in [0.3, 0.4) is 0 Å². The van der Waals surface area contributed by atoms with Crippen LogP contribution in [0.4, 0.5) is 17.1 Å². The van der Waals surface area contributed by atoms with E-state index in [4.69, 9.17) is 0 Å². The molecule has 2 aromatic carbocycles. The van der Waals surface area contributed by atoms with Crippen LogP contribution in [0.5, 0.6) is 0 Å². The number of H-pyrrole nitrogens is 1. The first-order chi connectivity index (χ1) is 13.3. The first-order valence-electron chi connectivity index (χ1n) is 8.28. The third kappa shape index (κ3) is 4.36. The van der Waals surface area contributed by atoms with Crippen molar-refractivity contribution in [2.75, 3.05) is 10.6 Å². The van der Waals surface area contributed by atoms with Gasteiger partial charge in [0, 0.05) is 22.4 Å². The van der Waals surface area contributed by atoms with E-state index in [1.54, 1.807) is 0 Å². The van der Waals surface area contributed by atoms with Crippen LogP contribution in [0.2, 0.25) is 0 Å². The van der Waals surface area contributed by atoms with E-state index in [1.165, 1.54) is 17.7 Å². The summed E-state index contributed by atoms with van der Waals surface area (Å²) in [5, 5.41) is 15.3. The zero-order valence-electron chi connectivity index (χ0n) is 14.2. The fourth-order valence-corrected chi connectivity index (χ4v) is 3.26. The topological polar surface area (TPSA) is 95.6 Å². The van der Waals surface area contributed by atoms with Crippen LogP contribution in [-0.4, -0.2) is 26.1 Å². The Kier molecular flexibility index (Phi) is 4.88. The number of benzene rings is 2. The third-order valence-corrected chi connectivity index (χ3v) is 4.64. The van der Waals surface area contributed by atoms with E-state index in [0.29, 0.717) is 16.5 Å². The molecule has 2 heterocycles. The van der Waals surface area contributed by atoms with Crippen molar-refractivity contribution in [3.63, 3.8) is 0 Å². The summed E-state index contributed by atoms with van der Waals surface area (Å²) in [5.74, 6) is 0.487. The van der Waals surface area contributed by atoms with Gasteiger partial charge in [0.1, 0.15) is 6.33 Å². The number of aromatic amines is 1. The molecule has 0 fully saturated rings. The van der Waals surface area contributed by atoms with Gasteiger partial charge in [0.05, 0.1) is 12.1 Å². The van der Waals surface area contributed by atoms with Gasteiger partial charge in [-0.25, -0.2) is 9.97 Å². The molecule has 0 spiro atoms. The molecule has 4 aromatic rings. The fraction of sp³-hybridized carbons (Fsp3) is 0.0526. The minimum absolute atomic E-state index is 0.117. The Balaban J connectivity index is 1.34. The molecule has 0 radical (unpaired) electrons. The number of nitrogens with zero attached hydrogens (tertiary/aromatic N) is 3. The maximum atomic E-state index is 12.3. The molecule has 0 aliphatic rings. The van der Waals surface area contributed by atoms with Gasteiger partial charge in [-0.05, 0) is 36.4 Å². The van der Waals surface area contributed by atoms with E-state index < -0.39 is 0 Å². The Labute approximate surface area is 159 Å². The van der Waals surface area contributed by atoms with Crippen LogP contribution < -0.4 is 10.6 Å². The Morgan fingerprint density at radius 1 is 1.00 bits per heavy atom. The first kappa shape index (κ1) is 16.9. The highest BCUT2D eigenvalue weighted by Gasteiger charge is 2.11. The molecule has 0 bridgehead atoms. The molecule has 0 saturated heterocycles. The molecule has 7 nitrogen and oxygen atoms in total. The van der Waals surface area contributed by atoms with Crippen LogP contribution in [0.15, 0.2) is 66.3 Å². The molecule has 0 unspecified atom stereocenters. The molecular weight excluding hydrogens is 360 g/mol. The van der Waals surface area contributed by atoms with Crippen LogP contribution in [-0.2, 0) is 11.2 Å². The second-order valence-electron chi connectivity index (χ2n) is 5.77. The Morgan fingerprint density at radius 3 is 2.48 bits per heavy atom. The second kappa shape index (κ2) is 7.79. The van der Waals surface area contributed by atoms with Crippen molar-refractivity contribution < 1.29 is 4.79 Å². The van der Waals surface area contributed by atoms with Gasteiger partial charge < -0.3 is 10.6 Å². The summed E-state index contributed by atoms with van der Waals surface area (Å²) in [6.07, 6.45) is 1.63. The molecule has 4 rings (SSSR count). The summed E-state index contributed by atoms with van der Waals surface area (Å²) in [7, 11) is 0. The van der Waals surface area contributed by atoms with Gasteiger partial charge >= 0.3 is 0 Å². The number of para-hydroxylation sites is 1. The second-order valence-corrected chi connectivity index (χ2v) is 6.63. The maximum Gasteiger partial charge on any atom is 0.230 e. The van der Waals surface area contributed by atoms with Gasteiger partial charge in [0.2, 0.25) is 5.91 Å². The SMILES string of the molecule is O=C(Cc1csc(-c2ncn[nH]2)n1)Nc1ccc(Nc2ccccc2)cc1. The Hall–Kier alpha value is -3.52. The van der Waals surface area contributed by atoms with Gasteiger partial charge in [-0.2, -0.15) is 5.10 Å². The highest BCUT2D eigenvalue weighted by molar-refractivity contribution is 7.13. The normalized spacial score (nSPS) is 10.5. The third-order valence-electron chi connectivity index (χ3n) is 3.74. The van der Waals surface area contributed by atoms with Gasteiger partial charge in [-0.15, -0.1) is 11.3 Å².